The first-order chi connectivity index (χ1) is 11.9. The van der Waals surface area contributed by atoms with E-state index in [9.17, 15) is 9.59 Å². The van der Waals surface area contributed by atoms with Crippen LogP contribution in [-0.2, 0) is 11.2 Å². The van der Waals surface area contributed by atoms with Crippen molar-refractivity contribution in [2.45, 2.75) is 34.1 Å². The van der Waals surface area contributed by atoms with Crippen LogP contribution in [0.25, 0.3) is 5.57 Å². The van der Waals surface area contributed by atoms with Crippen molar-refractivity contribution in [3.05, 3.63) is 69.6 Å². The van der Waals surface area contributed by atoms with E-state index in [0.29, 0.717) is 10.6 Å². The van der Waals surface area contributed by atoms with Crippen LogP contribution in [0.2, 0.25) is 0 Å². The molecule has 3 nitrogen and oxygen atoms in total. The molecular formula is C21H21NO2S. The molecule has 0 saturated carbocycles. The monoisotopic (exact) mass is 351 g/mol. The average Bonchev–Trinajstić information content (AvgIpc) is 2.91. The number of carbonyl (C=O) groups excluding carboxylic acids is 2. The van der Waals surface area contributed by atoms with E-state index < -0.39 is 0 Å². The summed E-state index contributed by atoms with van der Waals surface area (Å²) in [4.78, 5) is 27.1. The van der Waals surface area contributed by atoms with Crippen molar-refractivity contribution < 1.29 is 9.59 Å². The molecule has 1 heterocycles. The highest BCUT2D eigenvalue weighted by Gasteiger charge is 2.37. The van der Waals surface area contributed by atoms with Crippen molar-refractivity contribution in [2.24, 2.45) is 0 Å². The maximum Gasteiger partial charge on any atom is 0.298 e. The second-order valence-electron chi connectivity index (χ2n) is 6.28. The highest BCUT2D eigenvalue weighted by atomic mass is 32.2. The van der Waals surface area contributed by atoms with Crippen molar-refractivity contribution in [3.63, 3.8) is 0 Å². The molecule has 25 heavy (non-hydrogen) atoms. The molecule has 0 radical (unpaired) electrons. The summed E-state index contributed by atoms with van der Waals surface area (Å²) in [6.45, 7) is 8.08. The van der Waals surface area contributed by atoms with Crippen LogP contribution >= 0.6 is 11.8 Å². The molecule has 1 saturated heterocycles. The number of benzene rings is 2. The van der Waals surface area contributed by atoms with Crippen molar-refractivity contribution in [1.29, 1.82) is 0 Å². The Labute approximate surface area is 152 Å². The number of nitrogens with zero attached hydrogens (tertiary/aromatic N) is 1. The molecule has 4 heteroatoms. The maximum absolute atomic E-state index is 12.9. The molecule has 2 amide bonds. The topological polar surface area (TPSA) is 37.4 Å². The number of thioether (sulfide) groups is 1. The van der Waals surface area contributed by atoms with Gasteiger partial charge in [-0.2, -0.15) is 0 Å². The van der Waals surface area contributed by atoms with Gasteiger partial charge in [0.25, 0.3) is 11.1 Å². The van der Waals surface area contributed by atoms with Gasteiger partial charge in [-0.15, -0.1) is 0 Å². The summed E-state index contributed by atoms with van der Waals surface area (Å²) in [5.74, 6) is -0.241. The minimum absolute atomic E-state index is 0.241. The smallest absolute Gasteiger partial charge is 0.268 e. The first-order valence-electron chi connectivity index (χ1n) is 8.36. The molecule has 0 unspecified atom stereocenters. The molecular weight excluding hydrogens is 330 g/mol. The third-order valence-electron chi connectivity index (χ3n) is 4.65. The molecule has 1 aliphatic rings. The van der Waals surface area contributed by atoms with E-state index >= 15 is 0 Å². The Hall–Kier alpha value is -2.33. The Morgan fingerprint density at radius 3 is 2.28 bits per heavy atom. The summed E-state index contributed by atoms with van der Waals surface area (Å²) >= 11 is 1.02. The highest BCUT2D eigenvalue weighted by molar-refractivity contribution is 8.19. The lowest BCUT2D eigenvalue weighted by atomic mass is 10.0. The van der Waals surface area contributed by atoms with Crippen LogP contribution in [-0.4, -0.2) is 11.1 Å². The van der Waals surface area contributed by atoms with Crippen LogP contribution in [0, 0.1) is 13.8 Å². The van der Waals surface area contributed by atoms with Gasteiger partial charge in [0.2, 0.25) is 0 Å². The molecule has 3 rings (SSSR count). The minimum atomic E-state index is -0.243. The van der Waals surface area contributed by atoms with E-state index in [1.165, 1.54) is 21.6 Å². The number of aryl methyl sites for hydroxylation is 3. The number of amides is 2. The molecule has 1 aliphatic heterocycles. The second-order valence-corrected chi connectivity index (χ2v) is 7.24. The van der Waals surface area contributed by atoms with Gasteiger partial charge in [-0.05, 0) is 78.9 Å². The molecule has 0 bridgehead atoms. The van der Waals surface area contributed by atoms with Gasteiger partial charge in [0, 0.05) is 0 Å². The van der Waals surface area contributed by atoms with E-state index in [2.05, 4.69) is 19.9 Å². The van der Waals surface area contributed by atoms with E-state index in [1.807, 2.05) is 50.2 Å². The SMILES string of the molecule is CCc1ccc(N2C(=O)S/C(=C(/C)c3ccc(C)c(C)c3)C2=O)cc1. The third kappa shape index (κ3) is 3.27. The Balaban J connectivity index is 1.97. The molecule has 2 aromatic carbocycles. The Bertz CT molecular complexity index is 881. The Kier molecular flexibility index (Phi) is 4.82. The highest BCUT2D eigenvalue weighted by Crippen LogP contribution is 2.39. The predicted octanol–water partition coefficient (Wildman–Crippen LogP) is 5.50. The van der Waals surface area contributed by atoms with E-state index in [0.717, 1.165) is 29.3 Å². The van der Waals surface area contributed by atoms with E-state index in [4.69, 9.17) is 0 Å². The fourth-order valence-corrected chi connectivity index (χ4v) is 3.71. The minimum Gasteiger partial charge on any atom is -0.268 e. The van der Waals surface area contributed by atoms with Crippen molar-refractivity contribution in [1.82, 2.24) is 0 Å². The summed E-state index contributed by atoms with van der Waals surface area (Å²) in [5, 5.41) is -0.243. The van der Waals surface area contributed by atoms with Crippen LogP contribution in [0.5, 0.6) is 0 Å². The van der Waals surface area contributed by atoms with Crippen LogP contribution in [0.1, 0.15) is 36.1 Å². The van der Waals surface area contributed by atoms with Crippen molar-refractivity contribution in [2.75, 3.05) is 4.90 Å². The van der Waals surface area contributed by atoms with Gasteiger partial charge < -0.3 is 0 Å². The number of allylic oxidation sites excluding steroid dienone is 1. The molecule has 1 fully saturated rings. The van der Waals surface area contributed by atoms with Gasteiger partial charge in [0.05, 0.1) is 10.6 Å². The lowest BCUT2D eigenvalue weighted by Gasteiger charge is -2.13. The zero-order valence-corrected chi connectivity index (χ0v) is 15.7. The maximum atomic E-state index is 12.9. The van der Waals surface area contributed by atoms with Crippen LogP contribution < -0.4 is 4.90 Å². The van der Waals surface area contributed by atoms with Crippen molar-refractivity contribution in [3.8, 4) is 0 Å². The average molecular weight is 351 g/mol. The largest absolute Gasteiger partial charge is 0.298 e. The van der Waals surface area contributed by atoms with Crippen LogP contribution in [0.4, 0.5) is 10.5 Å². The molecule has 0 spiro atoms. The van der Waals surface area contributed by atoms with E-state index in [1.54, 1.807) is 0 Å². The Morgan fingerprint density at radius 2 is 1.68 bits per heavy atom. The fraction of sp³-hybridized carbons (Fsp3) is 0.238. The summed E-state index contributed by atoms with van der Waals surface area (Å²) in [5.41, 5.74) is 6.01. The molecule has 128 valence electrons. The fourth-order valence-electron chi connectivity index (χ4n) is 2.81. The lowest BCUT2D eigenvalue weighted by molar-refractivity contribution is -0.113. The summed E-state index contributed by atoms with van der Waals surface area (Å²) in [6.07, 6.45) is 0.925. The number of hydrogen-bond donors (Lipinski definition) is 0. The second kappa shape index (κ2) is 6.89. The molecule has 0 atom stereocenters. The van der Waals surface area contributed by atoms with Gasteiger partial charge in [-0.25, -0.2) is 4.90 Å². The van der Waals surface area contributed by atoms with Crippen LogP contribution in [0.15, 0.2) is 47.4 Å². The molecule has 0 aliphatic carbocycles. The third-order valence-corrected chi connectivity index (χ3v) is 5.69. The zero-order valence-electron chi connectivity index (χ0n) is 14.9. The molecule has 0 N–H and O–H groups in total. The van der Waals surface area contributed by atoms with Gasteiger partial charge >= 0.3 is 0 Å². The number of rotatable bonds is 3. The van der Waals surface area contributed by atoms with Gasteiger partial charge in [-0.1, -0.05) is 37.3 Å². The lowest BCUT2D eigenvalue weighted by Crippen LogP contribution is -2.27. The number of anilines is 1. The normalized spacial score (nSPS) is 16.6. The van der Waals surface area contributed by atoms with Gasteiger partial charge in [0.1, 0.15) is 0 Å². The summed E-state index contributed by atoms with van der Waals surface area (Å²) in [6, 6.07) is 13.7. The van der Waals surface area contributed by atoms with Gasteiger partial charge in [0.15, 0.2) is 0 Å². The zero-order chi connectivity index (χ0) is 18.1. The number of imide groups is 1. The van der Waals surface area contributed by atoms with E-state index in [-0.39, 0.29) is 11.1 Å². The number of hydrogen-bond acceptors (Lipinski definition) is 3. The van der Waals surface area contributed by atoms with Crippen molar-refractivity contribution >= 4 is 34.2 Å². The van der Waals surface area contributed by atoms with Gasteiger partial charge in [-0.3, -0.25) is 9.59 Å². The predicted molar refractivity (Wildman–Crippen MR) is 105 cm³/mol. The summed E-state index contributed by atoms with van der Waals surface area (Å²) < 4.78 is 0. The molecule has 2 aromatic rings. The first kappa shape index (κ1) is 17.5. The first-order valence-corrected chi connectivity index (χ1v) is 9.17. The summed E-state index contributed by atoms with van der Waals surface area (Å²) in [7, 11) is 0. The quantitative estimate of drug-likeness (QED) is 0.686. The molecule has 0 aromatic heterocycles. The Morgan fingerprint density at radius 1 is 1.00 bits per heavy atom. The number of carbonyl (C=O) groups is 2. The standard InChI is InChI=1S/C21H21NO2S/c1-5-16-7-10-18(11-8-16)22-20(23)19(25-21(22)24)15(4)17-9-6-13(2)14(3)12-17/h6-12H,5H2,1-4H3/b19-15-. The van der Waals surface area contributed by atoms with Crippen LogP contribution in [0.3, 0.4) is 0 Å².